The number of aryl methyl sites for hydroxylation is 3. The first kappa shape index (κ1) is 21.5. The average molecular weight is 470 g/mol. The van der Waals surface area contributed by atoms with Crippen molar-refractivity contribution in [1.82, 2.24) is 0 Å². The van der Waals surface area contributed by atoms with Gasteiger partial charge in [-0.25, -0.2) is 4.79 Å². The van der Waals surface area contributed by atoms with Crippen molar-refractivity contribution in [2.75, 3.05) is 6.16 Å². The Balaban J connectivity index is 0.00000261. The minimum absolute atomic E-state index is 0. The second kappa shape index (κ2) is 8.94. The van der Waals surface area contributed by atoms with Gasteiger partial charge in [0.05, 0.1) is 0 Å². The Morgan fingerprint density at radius 1 is 0.704 bits per heavy atom. The van der Waals surface area contributed by atoms with E-state index in [4.69, 9.17) is 0 Å². The van der Waals surface area contributed by atoms with Crippen molar-refractivity contribution in [2.45, 2.75) is 20.8 Å². The fraction of sp³-hybridized carbons (Fsp3) is 0.174. The topological polar surface area (TPSA) is 37.3 Å². The molecule has 0 unspecified atom stereocenters. The summed E-state index contributed by atoms with van der Waals surface area (Å²) in [6.07, 6.45) is 0.119. The Labute approximate surface area is 175 Å². The molecule has 0 saturated heterocycles. The number of hydrogen-bond donors (Lipinski definition) is 1. The van der Waals surface area contributed by atoms with Crippen molar-refractivity contribution in [3.05, 3.63) is 89.5 Å². The summed E-state index contributed by atoms with van der Waals surface area (Å²) in [5, 5.41) is 13.4. The molecule has 0 aliphatic carbocycles. The number of carboxylic acid groups (broad SMARTS) is 1. The molecule has 0 aliphatic heterocycles. The minimum Gasteiger partial charge on any atom is -0.479 e. The largest absolute Gasteiger partial charge is 0.479 e. The molecule has 0 amide bonds. The van der Waals surface area contributed by atoms with Gasteiger partial charge in [0.15, 0.2) is 6.16 Å². The second-order valence-corrected chi connectivity index (χ2v) is 10.1. The zero-order valence-corrected chi connectivity index (χ0v) is 18.2. The van der Waals surface area contributed by atoms with E-state index in [2.05, 4.69) is 57.2 Å². The Morgan fingerprint density at radius 2 is 1.00 bits per heavy atom. The van der Waals surface area contributed by atoms with Crippen molar-refractivity contribution in [1.29, 1.82) is 0 Å². The Morgan fingerprint density at radius 3 is 1.26 bits per heavy atom. The number of rotatable bonds is 5. The summed E-state index contributed by atoms with van der Waals surface area (Å²) >= 11 is 0. The quantitative estimate of drug-likeness (QED) is 0.453. The fourth-order valence-electron chi connectivity index (χ4n) is 3.82. The molecule has 0 spiro atoms. The molecule has 2 nitrogen and oxygen atoms in total. The SMILES string of the molecule is Cc1ccccc1[P+](CC(=O)O)(c1ccccc1C)c1ccccc1C.[Pd]. The van der Waals surface area contributed by atoms with Gasteiger partial charge in [-0.2, -0.15) is 0 Å². The maximum Gasteiger partial charge on any atom is 0.342 e. The van der Waals surface area contributed by atoms with Gasteiger partial charge in [0.25, 0.3) is 0 Å². The van der Waals surface area contributed by atoms with Crippen LogP contribution in [-0.2, 0) is 25.2 Å². The van der Waals surface area contributed by atoms with Crippen LogP contribution in [0.25, 0.3) is 0 Å². The molecule has 0 aliphatic rings. The van der Waals surface area contributed by atoms with Crippen LogP contribution < -0.4 is 15.9 Å². The summed E-state index contributed by atoms with van der Waals surface area (Å²) in [5.41, 5.74) is 3.44. The maximum atomic E-state index is 12.1. The van der Waals surface area contributed by atoms with Crippen molar-refractivity contribution in [3.63, 3.8) is 0 Å². The fourth-order valence-corrected chi connectivity index (χ4v) is 8.57. The molecule has 0 bridgehead atoms. The molecule has 1 N–H and O–H groups in total. The summed E-state index contributed by atoms with van der Waals surface area (Å²) in [5.74, 6) is -0.756. The van der Waals surface area contributed by atoms with E-state index in [1.165, 1.54) is 0 Å². The molecule has 0 saturated carbocycles. The zero-order valence-electron chi connectivity index (χ0n) is 15.8. The van der Waals surface area contributed by atoms with Gasteiger partial charge < -0.3 is 5.11 Å². The van der Waals surface area contributed by atoms with Crippen LogP contribution in [-0.4, -0.2) is 17.2 Å². The number of carbonyl (C=O) groups is 1. The number of hydrogen-bond acceptors (Lipinski definition) is 1. The molecule has 4 heteroatoms. The monoisotopic (exact) mass is 469 g/mol. The molecule has 3 aromatic carbocycles. The van der Waals surface area contributed by atoms with Crippen LogP contribution in [0.5, 0.6) is 0 Å². The van der Waals surface area contributed by atoms with Crippen molar-refractivity contribution < 1.29 is 30.3 Å². The molecular formula is C23H24O2PPd+. The second-order valence-electron chi connectivity index (χ2n) is 6.72. The molecule has 142 valence electrons. The Hall–Kier alpha value is -1.78. The summed E-state index contributed by atoms with van der Waals surface area (Å²) in [4.78, 5) is 12.1. The maximum absolute atomic E-state index is 12.1. The number of carboxylic acids is 1. The number of aliphatic carboxylic acids is 1. The molecule has 27 heavy (non-hydrogen) atoms. The van der Waals surface area contributed by atoms with Crippen molar-refractivity contribution in [3.8, 4) is 0 Å². The Bertz CT molecular complexity index is 841. The first-order valence-electron chi connectivity index (χ1n) is 8.75. The van der Waals surface area contributed by atoms with Crippen LogP contribution in [0.4, 0.5) is 0 Å². The molecule has 0 radical (unpaired) electrons. The van der Waals surface area contributed by atoms with Gasteiger partial charge in [0, 0.05) is 20.4 Å². The zero-order chi connectivity index (χ0) is 18.7. The third-order valence-electron chi connectivity index (χ3n) is 4.95. The van der Waals surface area contributed by atoms with Crippen molar-refractivity contribution >= 4 is 29.1 Å². The minimum atomic E-state index is -2.32. The van der Waals surface area contributed by atoms with Crippen LogP contribution in [0.3, 0.4) is 0 Å². The van der Waals surface area contributed by atoms with E-state index < -0.39 is 13.2 Å². The van der Waals surface area contributed by atoms with E-state index in [1.807, 2.05) is 36.4 Å². The van der Waals surface area contributed by atoms with Gasteiger partial charge in [-0.1, -0.05) is 54.6 Å². The van der Waals surface area contributed by atoms with Crippen LogP contribution >= 0.6 is 7.26 Å². The molecule has 0 fully saturated rings. The first-order valence-corrected chi connectivity index (χ1v) is 10.7. The molecular weight excluding hydrogens is 446 g/mol. The normalized spacial score (nSPS) is 10.9. The average Bonchev–Trinajstić information content (AvgIpc) is 2.61. The van der Waals surface area contributed by atoms with Gasteiger partial charge >= 0.3 is 5.97 Å². The van der Waals surface area contributed by atoms with Gasteiger partial charge in [-0.15, -0.1) is 0 Å². The van der Waals surface area contributed by atoms with E-state index in [9.17, 15) is 9.90 Å². The molecule has 3 rings (SSSR count). The van der Waals surface area contributed by atoms with E-state index in [0.717, 1.165) is 32.6 Å². The molecule has 0 heterocycles. The van der Waals surface area contributed by atoms with E-state index >= 15 is 0 Å². The van der Waals surface area contributed by atoms with Gasteiger partial charge in [-0.3, -0.25) is 0 Å². The number of benzene rings is 3. The Kier molecular flexibility index (Phi) is 7.13. The standard InChI is InChI=1S/C23H23O2P.Pd/c1-17-10-4-7-13-20(17)26(16-23(24)25,21-14-8-5-11-18(21)2)22-15-9-6-12-19(22)3;/h4-15H,16H2,1-3H3;/p+1. The third-order valence-corrected chi connectivity index (χ3v) is 9.67. The van der Waals surface area contributed by atoms with Crippen LogP contribution in [0.1, 0.15) is 16.7 Å². The smallest absolute Gasteiger partial charge is 0.342 e. The van der Waals surface area contributed by atoms with Gasteiger partial charge in [0.2, 0.25) is 0 Å². The summed E-state index contributed by atoms with van der Waals surface area (Å²) in [6.45, 7) is 6.26. The molecule has 3 aromatic rings. The van der Waals surface area contributed by atoms with E-state index in [0.29, 0.717) is 0 Å². The van der Waals surface area contributed by atoms with Gasteiger partial charge in [-0.05, 0) is 55.7 Å². The summed E-state index contributed by atoms with van der Waals surface area (Å²) < 4.78 is 0. The van der Waals surface area contributed by atoms with Gasteiger partial charge in [0.1, 0.15) is 23.2 Å². The predicted molar refractivity (Wildman–Crippen MR) is 112 cm³/mol. The molecule has 0 aromatic heterocycles. The third kappa shape index (κ3) is 4.07. The summed E-state index contributed by atoms with van der Waals surface area (Å²) in [6, 6.07) is 24.7. The van der Waals surface area contributed by atoms with Crippen LogP contribution in [0.2, 0.25) is 0 Å². The first-order chi connectivity index (χ1) is 12.5. The predicted octanol–water partition coefficient (Wildman–Crippen LogP) is 3.99. The van der Waals surface area contributed by atoms with E-state index in [1.54, 1.807) is 0 Å². The van der Waals surface area contributed by atoms with E-state index in [-0.39, 0.29) is 26.6 Å². The van der Waals surface area contributed by atoms with Crippen LogP contribution in [0, 0.1) is 20.8 Å². The van der Waals surface area contributed by atoms with Crippen LogP contribution in [0.15, 0.2) is 72.8 Å². The van der Waals surface area contributed by atoms with Crippen molar-refractivity contribution in [2.24, 2.45) is 0 Å². The molecule has 0 atom stereocenters. The summed E-state index contributed by atoms with van der Waals surface area (Å²) in [7, 11) is -2.32.